The molecule has 7 rings (SSSR count). The Morgan fingerprint density at radius 2 is 1.85 bits per heavy atom. The Hall–Kier alpha value is -3.75. The predicted molar refractivity (Wildman–Crippen MR) is 146 cm³/mol. The summed E-state index contributed by atoms with van der Waals surface area (Å²) in [6.45, 7) is -2.91. The van der Waals surface area contributed by atoms with E-state index < -0.39 is 13.3 Å². The molecule has 210 valence electrons. The molecule has 0 atom stereocenters. The highest BCUT2D eigenvalue weighted by atomic mass is 19.3. The van der Waals surface area contributed by atoms with Crippen LogP contribution in [0.4, 0.5) is 18.9 Å². The highest BCUT2D eigenvalue weighted by Crippen LogP contribution is 2.64. The zero-order valence-electron chi connectivity index (χ0n) is 22.2. The van der Waals surface area contributed by atoms with Crippen molar-refractivity contribution in [2.24, 2.45) is 21.7 Å². The van der Waals surface area contributed by atoms with Crippen LogP contribution in [0.5, 0.6) is 5.75 Å². The number of anilines is 1. The first kappa shape index (κ1) is 26.5. The first-order valence-corrected chi connectivity index (χ1v) is 13.8. The van der Waals surface area contributed by atoms with Crippen LogP contribution in [0.2, 0.25) is 0 Å². The lowest BCUT2D eigenvalue weighted by Crippen LogP contribution is -2.49. The van der Waals surface area contributed by atoms with Crippen molar-refractivity contribution >= 4 is 17.4 Å². The lowest BCUT2D eigenvalue weighted by molar-refractivity contribution is -0.119. The monoisotopic (exact) mass is 551 g/mol. The highest BCUT2D eigenvalue weighted by molar-refractivity contribution is 5.98. The molecule has 2 saturated carbocycles. The van der Waals surface area contributed by atoms with E-state index in [1.807, 2.05) is 24.3 Å². The standard InChI is InChI=1S/C31H32F3N3O3/c32-14-2-5-27(38)37(23-4-1-3-21(15-23)20-6-8-24(9-7-20)39-29(33)34)19-30-11-10-25(22(16-30)17-30)28(35)36-40-26-18-31(26)12-13-31/h1,3-4,6-9,15,18,29H,2,5,10-14,16-17,19H2,(H2,35,36). The third-order valence-electron chi connectivity index (χ3n) is 8.55. The summed E-state index contributed by atoms with van der Waals surface area (Å²) in [5.41, 5.74) is 11.1. The van der Waals surface area contributed by atoms with Gasteiger partial charge < -0.3 is 20.2 Å². The summed E-state index contributed by atoms with van der Waals surface area (Å²) in [5.74, 6) is 1.34. The molecule has 2 fully saturated rings. The van der Waals surface area contributed by atoms with E-state index in [9.17, 15) is 18.0 Å². The quantitative estimate of drug-likeness (QED) is 0.177. The molecule has 0 saturated heterocycles. The van der Waals surface area contributed by atoms with E-state index >= 15 is 0 Å². The van der Waals surface area contributed by atoms with Gasteiger partial charge in [0.2, 0.25) is 5.91 Å². The number of allylic oxidation sites excluding steroid dienone is 3. The average Bonchev–Trinajstić information content (AvgIpc) is 3.87. The molecule has 0 heterocycles. The van der Waals surface area contributed by atoms with Crippen molar-refractivity contribution in [3.63, 3.8) is 0 Å². The second kappa shape index (κ2) is 10.3. The minimum Gasteiger partial charge on any atom is -0.435 e. The van der Waals surface area contributed by atoms with Gasteiger partial charge in [0.15, 0.2) is 5.84 Å². The fraction of sp³-hybridized carbons (Fsp3) is 0.419. The van der Waals surface area contributed by atoms with E-state index in [-0.39, 0.29) is 35.3 Å². The normalized spacial score (nSPS) is 19.7. The number of benzene rings is 2. The van der Waals surface area contributed by atoms with Gasteiger partial charge >= 0.3 is 6.61 Å². The number of carbonyl (C=O) groups is 1. The van der Waals surface area contributed by atoms with Gasteiger partial charge in [0.05, 0.1) is 12.1 Å². The molecule has 0 aliphatic heterocycles. The summed E-state index contributed by atoms with van der Waals surface area (Å²) in [5, 5.41) is 4.19. The molecule has 0 radical (unpaired) electrons. The fourth-order valence-corrected chi connectivity index (χ4v) is 6.02. The van der Waals surface area contributed by atoms with Crippen LogP contribution in [0.15, 0.2) is 76.7 Å². The van der Waals surface area contributed by atoms with Gasteiger partial charge in [-0.05, 0) is 97.4 Å². The molecule has 2 aromatic carbocycles. The van der Waals surface area contributed by atoms with E-state index in [1.54, 1.807) is 17.0 Å². The van der Waals surface area contributed by atoms with Crippen LogP contribution in [0.25, 0.3) is 11.1 Å². The number of amidine groups is 1. The SMILES string of the molecule is N/C(=N\OC1=CC12CC2)C1=C2CC(CN(C(=O)CCCF)c3cccc(-c4ccc(OC(F)F)cc4)c3)(CC1)C2. The number of nitrogens with zero attached hydrogens (tertiary/aromatic N) is 2. The summed E-state index contributed by atoms with van der Waals surface area (Å²) < 4.78 is 42.5. The van der Waals surface area contributed by atoms with E-state index in [2.05, 4.69) is 16.0 Å². The molecule has 0 unspecified atom stereocenters. The number of amides is 1. The average molecular weight is 552 g/mol. The van der Waals surface area contributed by atoms with Crippen LogP contribution >= 0.6 is 0 Å². The van der Waals surface area contributed by atoms with Crippen LogP contribution in [-0.2, 0) is 9.63 Å². The first-order valence-electron chi connectivity index (χ1n) is 13.8. The zero-order valence-corrected chi connectivity index (χ0v) is 22.2. The smallest absolute Gasteiger partial charge is 0.387 e. The molecule has 1 spiro atoms. The number of carbonyl (C=O) groups excluding carboxylic acids is 1. The molecule has 6 nitrogen and oxygen atoms in total. The van der Waals surface area contributed by atoms with Gasteiger partial charge in [0.25, 0.3) is 0 Å². The number of oxime groups is 1. The maximum atomic E-state index is 13.3. The van der Waals surface area contributed by atoms with Crippen LogP contribution in [-0.4, -0.2) is 31.6 Å². The van der Waals surface area contributed by atoms with Gasteiger partial charge in [-0.1, -0.05) is 35.0 Å². The molecule has 1 amide bonds. The number of alkyl halides is 3. The Morgan fingerprint density at radius 1 is 1.07 bits per heavy atom. The van der Waals surface area contributed by atoms with Gasteiger partial charge in [0, 0.05) is 18.7 Å². The number of nitrogens with two attached hydrogens (primary N) is 1. The summed E-state index contributed by atoms with van der Waals surface area (Å²) >= 11 is 0. The molecule has 0 aromatic heterocycles. The van der Waals surface area contributed by atoms with Gasteiger partial charge in [-0.25, -0.2) is 0 Å². The van der Waals surface area contributed by atoms with Crippen LogP contribution in [0.1, 0.15) is 51.4 Å². The van der Waals surface area contributed by atoms with Crippen molar-refractivity contribution in [3.05, 3.63) is 71.5 Å². The van der Waals surface area contributed by atoms with E-state index in [1.165, 1.54) is 17.7 Å². The third-order valence-corrected chi connectivity index (χ3v) is 8.55. The molecule has 2 bridgehead atoms. The number of rotatable bonds is 12. The predicted octanol–water partition coefficient (Wildman–Crippen LogP) is 6.87. The van der Waals surface area contributed by atoms with E-state index in [0.29, 0.717) is 12.4 Å². The Balaban J connectivity index is 1.17. The summed E-state index contributed by atoms with van der Waals surface area (Å²) in [7, 11) is 0. The molecule has 2 N–H and O–H groups in total. The van der Waals surface area contributed by atoms with Gasteiger partial charge in [-0.3, -0.25) is 9.18 Å². The highest BCUT2D eigenvalue weighted by Gasteiger charge is 2.57. The molecular formula is C31H32F3N3O3. The number of ether oxygens (including phenoxy) is 1. The number of halogens is 3. The van der Waals surface area contributed by atoms with Gasteiger partial charge in [-0.2, -0.15) is 8.78 Å². The summed E-state index contributed by atoms with van der Waals surface area (Å²) in [4.78, 5) is 20.7. The van der Waals surface area contributed by atoms with Crippen LogP contribution in [0, 0.1) is 10.8 Å². The van der Waals surface area contributed by atoms with E-state index in [0.717, 1.165) is 66.7 Å². The minimum absolute atomic E-state index is 0.0628. The Morgan fingerprint density at radius 3 is 2.48 bits per heavy atom. The van der Waals surface area contributed by atoms with E-state index in [4.69, 9.17) is 10.6 Å². The van der Waals surface area contributed by atoms with Crippen LogP contribution < -0.4 is 15.4 Å². The van der Waals surface area contributed by atoms with Crippen LogP contribution in [0.3, 0.4) is 0 Å². The number of fused-ring (bicyclic) bond motifs is 2. The van der Waals surface area contributed by atoms with Crippen molar-refractivity contribution in [2.75, 3.05) is 18.1 Å². The Labute approximate surface area is 231 Å². The minimum atomic E-state index is -2.89. The summed E-state index contributed by atoms with van der Waals surface area (Å²) in [6.07, 6.45) is 8.00. The topological polar surface area (TPSA) is 77.2 Å². The molecule has 5 aliphatic rings. The van der Waals surface area contributed by atoms with Crippen molar-refractivity contribution < 1.29 is 27.5 Å². The van der Waals surface area contributed by atoms with Crippen molar-refractivity contribution in [1.82, 2.24) is 0 Å². The Kier molecular flexibility index (Phi) is 6.84. The van der Waals surface area contributed by atoms with Gasteiger partial charge in [0.1, 0.15) is 11.5 Å². The molecular weight excluding hydrogens is 519 g/mol. The zero-order chi connectivity index (χ0) is 27.9. The molecule has 40 heavy (non-hydrogen) atoms. The fourth-order valence-electron chi connectivity index (χ4n) is 6.02. The molecule has 9 heteroatoms. The summed E-state index contributed by atoms with van der Waals surface area (Å²) in [6, 6.07) is 14.0. The number of hydrogen-bond acceptors (Lipinski definition) is 4. The molecule has 2 aromatic rings. The Bertz CT molecular complexity index is 1390. The maximum absolute atomic E-state index is 13.3. The first-order chi connectivity index (χ1) is 19.3. The lowest BCUT2D eigenvalue weighted by atomic mass is 9.57. The number of hydrogen-bond donors (Lipinski definition) is 1. The largest absolute Gasteiger partial charge is 0.435 e. The maximum Gasteiger partial charge on any atom is 0.387 e. The lowest BCUT2D eigenvalue weighted by Gasteiger charge is -2.51. The second-order valence-electron chi connectivity index (χ2n) is 11.4. The second-order valence-corrected chi connectivity index (χ2v) is 11.4. The van der Waals surface area contributed by atoms with Crippen molar-refractivity contribution in [1.29, 1.82) is 0 Å². The van der Waals surface area contributed by atoms with Gasteiger partial charge in [-0.15, -0.1) is 0 Å². The van der Waals surface area contributed by atoms with Crippen molar-refractivity contribution in [3.8, 4) is 16.9 Å². The molecule has 5 aliphatic carbocycles. The van der Waals surface area contributed by atoms with Crippen molar-refractivity contribution in [2.45, 2.75) is 58.0 Å². The third kappa shape index (κ3) is 5.33.